The largest absolute Gasteiger partial charge is 0.507 e. The zero-order valence-corrected chi connectivity index (χ0v) is 17.5. The van der Waals surface area contributed by atoms with Crippen molar-refractivity contribution in [2.24, 2.45) is 0 Å². The van der Waals surface area contributed by atoms with Gasteiger partial charge in [0.15, 0.2) is 0 Å². The maximum Gasteiger partial charge on any atom is 0.251 e. The molecule has 0 radical (unpaired) electrons. The molecule has 0 spiro atoms. The van der Waals surface area contributed by atoms with Crippen molar-refractivity contribution in [1.82, 2.24) is 4.90 Å². The molecule has 154 valence electrons. The van der Waals surface area contributed by atoms with Crippen molar-refractivity contribution in [1.29, 1.82) is 0 Å². The fourth-order valence-electron chi connectivity index (χ4n) is 3.94. The first kappa shape index (κ1) is 20.7. The number of nitrogens with zero attached hydrogens (tertiary/aromatic N) is 1. The molecule has 0 bridgehead atoms. The van der Waals surface area contributed by atoms with Gasteiger partial charge in [0.05, 0.1) is 0 Å². The van der Waals surface area contributed by atoms with Gasteiger partial charge in [0.25, 0.3) is 5.91 Å². The lowest BCUT2D eigenvalue weighted by atomic mass is 9.90. The van der Waals surface area contributed by atoms with Gasteiger partial charge in [0.1, 0.15) is 11.8 Å². The Morgan fingerprint density at radius 2 is 1.93 bits per heavy atom. The molecule has 6 heteroatoms. The van der Waals surface area contributed by atoms with Crippen molar-refractivity contribution < 1.29 is 14.7 Å². The van der Waals surface area contributed by atoms with E-state index in [0.29, 0.717) is 36.3 Å². The Bertz CT molecular complexity index is 968. The van der Waals surface area contributed by atoms with Crippen LogP contribution in [0.15, 0.2) is 24.3 Å². The number of hydrogen-bond acceptors (Lipinski definition) is 4. The first-order chi connectivity index (χ1) is 13.7. The van der Waals surface area contributed by atoms with Crippen LogP contribution in [0.4, 0.5) is 11.4 Å². The molecule has 1 aliphatic rings. The topological polar surface area (TPSA) is 95.7 Å². The lowest BCUT2D eigenvalue weighted by Crippen LogP contribution is -2.45. The molecule has 1 atom stereocenters. The van der Waals surface area contributed by atoms with Gasteiger partial charge in [-0.3, -0.25) is 9.59 Å². The van der Waals surface area contributed by atoms with Crippen molar-refractivity contribution in [3.05, 3.63) is 52.1 Å². The zero-order chi connectivity index (χ0) is 21.3. The summed E-state index contributed by atoms with van der Waals surface area (Å²) in [5.74, 6) is -0.0693. The van der Waals surface area contributed by atoms with Crippen molar-refractivity contribution in [3.63, 3.8) is 0 Å². The molecular formula is C23H29N3O3. The van der Waals surface area contributed by atoms with Crippen LogP contribution in [0.3, 0.4) is 0 Å². The number of carbonyl (C=O) groups excluding carboxylic acids is 2. The van der Waals surface area contributed by atoms with Gasteiger partial charge < -0.3 is 21.1 Å². The third-order valence-corrected chi connectivity index (χ3v) is 5.74. The summed E-state index contributed by atoms with van der Waals surface area (Å²) in [6.07, 6.45) is 1.83. The average Bonchev–Trinajstić information content (AvgIpc) is 2.69. The summed E-state index contributed by atoms with van der Waals surface area (Å²) >= 11 is 0. The average molecular weight is 396 g/mol. The van der Waals surface area contributed by atoms with Crippen LogP contribution in [0.5, 0.6) is 5.75 Å². The van der Waals surface area contributed by atoms with E-state index in [-0.39, 0.29) is 17.6 Å². The van der Waals surface area contributed by atoms with Crippen LogP contribution in [-0.2, 0) is 16.0 Å². The second-order valence-corrected chi connectivity index (χ2v) is 7.78. The summed E-state index contributed by atoms with van der Waals surface area (Å²) < 4.78 is 0. The summed E-state index contributed by atoms with van der Waals surface area (Å²) in [5.41, 5.74) is 11.2. The number of anilines is 2. The van der Waals surface area contributed by atoms with Gasteiger partial charge in [-0.2, -0.15) is 0 Å². The van der Waals surface area contributed by atoms with Crippen molar-refractivity contribution in [3.8, 4) is 5.75 Å². The van der Waals surface area contributed by atoms with Gasteiger partial charge in [-0.1, -0.05) is 13.0 Å². The molecule has 0 fully saturated rings. The van der Waals surface area contributed by atoms with Crippen LogP contribution in [0.1, 0.15) is 53.6 Å². The Balaban J connectivity index is 2.02. The number of rotatable bonds is 4. The summed E-state index contributed by atoms with van der Waals surface area (Å²) in [6.45, 7) is 7.93. The molecule has 1 unspecified atom stereocenters. The number of phenolic OH excluding ortho intramolecular Hbond substituents is 1. The standard InChI is InChI=1S/C23H29N3O3/c1-5-6-20(27)26-10-9-16-7-8-17(24)12-18(16)21(26)23(29)25-19-11-13(2)22(28)15(4)14(19)3/h7-8,11-12,21,28H,5-6,9-10,24H2,1-4H3,(H,25,29). The molecule has 2 aromatic rings. The van der Waals surface area contributed by atoms with Crippen molar-refractivity contribution in [2.75, 3.05) is 17.6 Å². The van der Waals surface area contributed by atoms with E-state index in [9.17, 15) is 14.7 Å². The SMILES string of the molecule is CCCC(=O)N1CCc2ccc(N)cc2C1C(=O)Nc1cc(C)c(O)c(C)c1C. The van der Waals surface area contributed by atoms with Crippen molar-refractivity contribution in [2.45, 2.75) is 53.0 Å². The number of nitrogen functional groups attached to an aromatic ring is 1. The summed E-state index contributed by atoms with van der Waals surface area (Å²) in [4.78, 5) is 27.8. The van der Waals surface area contributed by atoms with Gasteiger partial charge in [-0.25, -0.2) is 0 Å². The number of amides is 2. The number of hydrogen-bond donors (Lipinski definition) is 3. The number of nitrogens with two attached hydrogens (primary N) is 1. The molecule has 29 heavy (non-hydrogen) atoms. The monoisotopic (exact) mass is 395 g/mol. The lowest BCUT2D eigenvalue weighted by molar-refractivity contribution is -0.139. The predicted molar refractivity (Wildman–Crippen MR) is 115 cm³/mol. The summed E-state index contributed by atoms with van der Waals surface area (Å²) in [7, 11) is 0. The molecule has 0 saturated carbocycles. The molecular weight excluding hydrogens is 366 g/mol. The highest BCUT2D eigenvalue weighted by Gasteiger charge is 2.36. The van der Waals surface area contributed by atoms with Crippen molar-refractivity contribution >= 4 is 23.2 Å². The number of fused-ring (bicyclic) bond motifs is 1. The maximum absolute atomic E-state index is 13.4. The molecule has 2 amide bonds. The van der Waals surface area contributed by atoms with E-state index in [1.807, 2.05) is 32.9 Å². The third-order valence-electron chi connectivity index (χ3n) is 5.74. The predicted octanol–water partition coefficient (Wildman–Crippen LogP) is 3.76. The molecule has 3 rings (SSSR count). The Morgan fingerprint density at radius 3 is 2.62 bits per heavy atom. The Morgan fingerprint density at radius 1 is 1.21 bits per heavy atom. The second kappa shape index (κ2) is 8.15. The van der Waals surface area contributed by atoms with E-state index in [1.54, 1.807) is 24.0 Å². The summed E-state index contributed by atoms with van der Waals surface area (Å²) in [5, 5.41) is 13.1. The lowest BCUT2D eigenvalue weighted by Gasteiger charge is -2.36. The van der Waals surface area contributed by atoms with E-state index in [2.05, 4.69) is 5.32 Å². The number of carbonyl (C=O) groups is 2. The first-order valence-electron chi connectivity index (χ1n) is 10.0. The highest BCUT2D eigenvalue weighted by Crippen LogP contribution is 2.35. The Labute approximate surface area is 171 Å². The normalized spacial score (nSPS) is 15.7. The first-order valence-corrected chi connectivity index (χ1v) is 10.0. The Kier molecular flexibility index (Phi) is 5.82. The van der Waals surface area contributed by atoms with Gasteiger partial charge >= 0.3 is 0 Å². The smallest absolute Gasteiger partial charge is 0.251 e. The van der Waals surface area contributed by atoms with Gasteiger partial charge in [0.2, 0.25) is 5.91 Å². The number of benzene rings is 2. The zero-order valence-electron chi connectivity index (χ0n) is 17.5. The van der Waals surface area contributed by atoms with E-state index in [0.717, 1.165) is 28.7 Å². The van der Waals surface area contributed by atoms with E-state index < -0.39 is 6.04 Å². The fraction of sp³-hybridized carbons (Fsp3) is 0.391. The second-order valence-electron chi connectivity index (χ2n) is 7.78. The van der Waals surface area contributed by atoms with Crippen LogP contribution < -0.4 is 11.1 Å². The minimum absolute atomic E-state index is 0.0319. The van der Waals surface area contributed by atoms with Gasteiger partial charge in [-0.05, 0) is 79.6 Å². The van der Waals surface area contributed by atoms with Crippen LogP contribution in [0.2, 0.25) is 0 Å². The quantitative estimate of drug-likeness (QED) is 0.542. The highest BCUT2D eigenvalue weighted by atomic mass is 16.3. The van der Waals surface area contributed by atoms with Crippen LogP contribution in [0.25, 0.3) is 0 Å². The fourth-order valence-corrected chi connectivity index (χ4v) is 3.94. The molecule has 4 N–H and O–H groups in total. The molecule has 1 aliphatic heterocycles. The van der Waals surface area contributed by atoms with Crippen LogP contribution in [0, 0.1) is 20.8 Å². The van der Waals surface area contributed by atoms with Crippen LogP contribution in [-0.4, -0.2) is 28.4 Å². The van der Waals surface area contributed by atoms with Gasteiger partial charge in [-0.15, -0.1) is 0 Å². The number of nitrogens with one attached hydrogen (secondary N) is 1. The number of aryl methyl sites for hydroxylation is 1. The highest BCUT2D eigenvalue weighted by molar-refractivity contribution is 5.99. The molecule has 6 nitrogen and oxygen atoms in total. The van der Waals surface area contributed by atoms with Crippen LogP contribution >= 0.6 is 0 Å². The minimum Gasteiger partial charge on any atom is -0.507 e. The van der Waals surface area contributed by atoms with E-state index in [4.69, 9.17) is 5.73 Å². The number of aromatic hydroxyl groups is 1. The molecule has 1 heterocycles. The minimum atomic E-state index is -0.727. The van der Waals surface area contributed by atoms with E-state index >= 15 is 0 Å². The number of phenols is 1. The molecule has 0 aromatic heterocycles. The maximum atomic E-state index is 13.4. The molecule has 0 aliphatic carbocycles. The molecule has 0 saturated heterocycles. The summed E-state index contributed by atoms with van der Waals surface area (Å²) in [6, 6.07) is 6.60. The Hall–Kier alpha value is -3.02. The third kappa shape index (κ3) is 3.92. The van der Waals surface area contributed by atoms with Gasteiger partial charge in [0, 0.05) is 24.3 Å². The van der Waals surface area contributed by atoms with E-state index in [1.165, 1.54) is 0 Å². The molecule has 2 aromatic carbocycles.